The molecule has 4 amide bonds. The highest BCUT2D eigenvalue weighted by Crippen LogP contribution is 2.15. The van der Waals surface area contributed by atoms with Gasteiger partial charge < -0.3 is 25.8 Å². The van der Waals surface area contributed by atoms with Crippen molar-refractivity contribution in [3.8, 4) is 0 Å². The Bertz CT molecular complexity index is 937. The third-order valence-corrected chi connectivity index (χ3v) is 5.27. The Balaban J connectivity index is 1.47. The minimum Gasteiger partial charge on any atom is -0.351 e. The van der Waals surface area contributed by atoms with Gasteiger partial charge in [0.05, 0.1) is 0 Å². The summed E-state index contributed by atoms with van der Waals surface area (Å²) >= 11 is 0. The number of carbonyl (C=O) groups is 3. The van der Waals surface area contributed by atoms with Crippen molar-refractivity contribution in [1.82, 2.24) is 20.4 Å². The van der Waals surface area contributed by atoms with Crippen LogP contribution in [0.4, 0.5) is 10.5 Å². The van der Waals surface area contributed by atoms with Crippen LogP contribution in [0.3, 0.4) is 0 Å². The molecule has 1 aliphatic heterocycles. The Morgan fingerprint density at radius 3 is 2.34 bits per heavy atom. The summed E-state index contributed by atoms with van der Waals surface area (Å²) in [4.78, 5) is 40.8. The molecule has 2 aromatic carbocycles. The summed E-state index contributed by atoms with van der Waals surface area (Å²) in [5, 5.41) is 8.43. The number of amides is 4. The van der Waals surface area contributed by atoms with Gasteiger partial charge in [-0.05, 0) is 68.9 Å². The summed E-state index contributed by atoms with van der Waals surface area (Å²) < 4.78 is 0. The number of urea groups is 1. The van der Waals surface area contributed by atoms with Crippen LogP contribution in [0.1, 0.15) is 39.1 Å². The first-order valence-electron chi connectivity index (χ1n) is 10.9. The van der Waals surface area contributed by atoms with Crippen molar-refractivity contribution >= 4 is 23.5 Å². The van der Waals surface area contributed by atoms with Crippen LogP contribution in [0.25, 0.3) is 0 Å². The van der Waals surface area contributed by atoms with Crippen molar-refractivity contribution in [2.45, 2.75) is 19.4 Å². The molecule has 0 saturated carbocycles. The third-order valence-electron chi connectivity index (χ3n) is 5.27. The Labute approximate surface area is 189 Å². The van der Waals surface area contributed by atoms with Gasteiger partial charge in [-0.15, -0.1) is 0 Å². The smallest absolute Gasteiger partial charge is 0.319 e. The predicted octanol–water partition coefficient (Wildman–Crippen LogP) is 2.54. The maximum atomic E-state index is 12.4. The van der Waals surface area contributed by atoms with Crippen molar-refractivity contribution < 1.29 is 14.4 Å². The summed E-state index contributed by atoms with van der Waals surface area (Å²) in [7, 11) is 3.90. The summed E-state index contributed by atoms with van der Waals surface area (Å²) in [6, 6.07) is 13.7. The first kappa shape index (κ1) is 23.3. The number of carbonyl (C=O) groups excluding carboxylic acids is 3. The highest BCUT2D eigenvalue weighted by Gasteiger charge is 2.19. The fourth-order valence-corrected chi connectivity index (χ4v) is 3.47. The molecule has 3 rings (SSSR count). The summed E-state index contributed by atoms with van der Waals surface area (Å²) in [6.07, 6.45) is 2.10. The van der Waals surface area contributed by atoms with E-state index in [1.165, 1.54) is 0 Å². The molecular formula is C24H31N5O3. The molecule has 0 bridgehead atoms. The number of rotatable bonds is 8. The van der Waals surface area contributed by atoms with Gasteiger partial charge in [0.15, 0.2) is 0 Å². The second kappa shape index (κ2) is 11.3. The molecule has 8 nitrogen and oxygen atoms in total. The molecule has 1 saturated heterocycles. The van der Waals surface area contributed by atoms with E-state index in [1.807, 2.05) is 30.0 Å². The van der Waals surface area contributed by atoms with Crippen molar-refractivity contribution in [1.29, 1.82) is 0 Å². The number of hydrogen-bond donors (Lipinski definition) is 3. The number of nitrogens with zero attached hydrogens (tertiary/aromatic N) is 2. The number of hydrogen-bond acceptors (Lipinski definition) is 4. The standard InChI is InChI=1S/C24H31N5O3/c1-28(2)15-12-25-22(30)20-7-5-6-18(16-20)17-26-24(32)27-21-10-8-19(9-11-21)23(31)29-13-3-4-14-29/h5-11,16H,3-4,12-15,17H2,1-2H3,(H,25,30)(H2,26,27,32). The van der Waals surface area contributed by atoms with Crippen LogP contribution in [-0.2, 0) is 6.54 Å². The lowest BCUT2D eigenvalue weighted by Gasteiger charge is -2.15. The molecule has 3 N–H and O–H groups in total. The minimum atomic E-state index is -0.357. The molecule has 8 heteroatoms. The van der Waals surface area contributed by atoms with Gasteiger partial charge in [0.2, 0.25) is 0 Å². The van der Waals surface area contributed by atoms with Crippen LogP contribution in [0.2, 0.25) is 0 Å². The number of benzene rings is 2. The average molecular weight is 438 g/mol. The molecule has 1 heterocycles. The second-order valence-electron chi connectivity index (χ2n) is 8.14. The van der Waals surface area contributed by atoms with Gasteiger partial charge in [0.25, 0.3) is 11.8 Å². The summed E-state index contributed by atoms with van der Waals surface area (Å²) in [5.41, 5.74) is 2.61. The molecule has 0 atom stereocenters. The maximum Gasteiger partial charge on any atom is 0.319 e. The van der Waals surface area contributed by atoms with Gasteiger partial charge in [0.1, 0.15) is 0 Å². The zero-order valence-corrected chi connectivity index (χ0v) is 18.7. The Kier molecular flexibility index (Phi) is 8.21. The molecule has 32 heavy (non-hydrogen) atoms. The lowest BCUT2D eigenvalue weighted by molar-refractivity contribution is 0.0792. The van der Waals surface area contributed by atoms with Crippen LogP contribution in [-0.4, -0.2) is 67.9 Å². The van der Waals surface area contributed by atoms with Crippen molar-refractivity contribution in [3.63, 3.8) is 0 Å². The van der Waals surface area contributed by atoms with Gasteiger partial charge in [-0.2, -0.15) is 0 Å². The molecule has 0 aliphatic carbocycles. The van der Waals surface area contributed by atoms with Crippen LogP contribution in [0.15, 0.2) is 48.5 Å². The summed E-state index contributed by atoms with van der Waals surface area (Å²) in [5.74, 6) is -0.106. The predicted molar refractivity (Wildman–Crippen MR) is 125 cm³/mol. The topological polar surface area (TPSA) is 93.8 Å². The Hall–Kier alpha value is -3.39. The van der Waals surface area contributed by atoms with Crippen molar-refractivity contribution in [3.05, 3.63) is 65.2 Å². The fraction of sp³-hybridized carbons (Fsp3) is 0.375. The number of likely N-dealkylation sites (tertiary alicyclic amines) is 1. The van der Waals surface area contributed by atoms with E-state index in [1.54, 1.807) is 42.5 Å². The summed E-state index contributed by atoms with van der Waals surface area (Å²) in [6.45, 7) is 3.23. The van der Waals surface area contributed by atoms with Crippen LogP contribution < -0.4 is 16.0 Å². The molecule has 0 aromatic heterocycles. The van der Waals surface area contributed by atoms with E-state index in [4.69, 9.17) is 0 Å². The number of nitrogens with one attached hydrogen (secondary N) is 3. The number of anilines is 1. The van der Waals surface area contributed by atoms with Crippen molar-refractivity contribution in [2.75, 3.05) is 45.6 Å². The lowest BCUT2D eigenvalue weighted by Crippen LogP contribution is -2.31. The van der Waals surface area contributed by atoms with E-state index in [0.717, 1.165) is 38.0 Å². The van der Waals surface area contributed by atoms with Crippen molar-refractivity contribution in [2.24, 2.45) is 0 Å². The van der Waals surface area contributed by atoms with E-state index in [-0.39, 0.29) is 24.4 Å². The molecule has 1 aliphatic rings. The van der Waals surface area contributed by atoms with Crippen LogP contribution >= 0.6 is 0 Å². The third kappa shape index (κ3) is 6.81. The molecule has 170 valence electrons. The molecule has 0 spiro atoms. The van der Waals surface area contributed by atoms with E-state index in [2.05, 4.69) is 16.0 Å². The molecule has 0 radical (unpaired) electrons. The second-order valence-corrected chi connectivity index (χ2v) is 8.14. The van der Waals surface area contributed by atoms with Gasteiger partial charge in [-0.25, -0.2) is 4.79 Å². The van der Waals surface area contributed by atoms with Crippen LogP contribution in [0, 0.1) is 0 Å². The van der Waals surface area contributed by atoms with Crippen LogP contribution in [0.5, 0.6) is 0 Å². The normalized spacial score (nSPS) is 13.2. The van der Waals surface area contributed by atoms with E-state index in [0.29, 0.717) is 23.4 Å². The monoisotopic (exact) mass is 437 g/mol. The van der Waals surface area contributed by atoms with Gasteiger partial charge >= 0.3 is 6.03 Å². The average Bonchev–Trinajstić information content (AvgIpc) is 3.33. The molecule has 0 unspecified atom stereocenters. The first-order valence-corrected chi connectivity index (χ1v) is 10.9. The minimum absolute atomic E-state index is 0.0316. The Morgan fingerprint density at radius 1 is 0.938 bits per heavy atom. The van der Waals surface area contributed by atoms with Gasteiger partial charge in [-0.1, -0.05) is 12.1 Å². The quantitative estimate of drug-likeness (QED) is 0.592. The van der Waals surface area contributed by atoms with E-state index < -0.39 is 0 Å². The highest BCUT2D eigenvalue weighted by atomic mass is 16.2. The van der Waals surface area contributed by atoms with Gasteiger partial charge in [-0.3, -0.25) is 9.59 Å². The SMILES string of the molecule is CN(C)CCNC(=O)c1cccc(CNC(=O)Nc2ccc(C(=O)N3CCCC3)cc2)c1. The zero-order valence-electron chi connectivity index (χ0n) is 18.7. The zero-order chi connectivity index (χ0) is 22.9. The first-order chi connectivity index (χ1) is 15.4. The highest BCUT2D eigenvalue weighted by molar-refractivity contribution is 5.96. The molecule has 1 fully saturated rings. The molecule has 2 aromatic rings. The number of likely N-dealkylation sites (N-methyl/N-ethyl adjacent to an activating group) is 1. The Morgan fingerprint density at radius 2 is 1.66 bits per heavy atom. The van der Waals surface area contributed by atoms with E-state index in [9.17, 15) is 14.4 Å². The maximum absolute atomic E-state index is 12.4. The largest absolute Gasteiger partial charge is 0.351 e. The van der Waals surface area contributed by atoms with E-state index >= 15 is 0 Å². The van der Waals surface area contributed by atoms with Gasteiger partial charge in [0, 0.05) is 49.5 Å². The fourth-order valence-electron chi connectivity index (χ4n) is 3.47. The lowest BCUT2D eigenvalue weighted by atomic mass is 10.1. The molecular weight excluding hydrogens is 406 g/mol.